The van der Waals surface area contributed by atoms with Crippen LogP contribution in [0, 0.1) is 6.92 Å². The Morgan fingerprint density at radius 1 is 1.14 bits per heavy atom. The van der Waals surface area contributed by atoms with Crippen LogP contribution >= 0.6 is 0 Å². The number of rotatable bonds is 0. The fourth-order valence-electron chi connectivity index (χ4n) is 2.63. The smallest absolute Gasteiger partial charge is 0.227 e. The third-order valence-corrected chi connectivity index (χ3v) is 3.20. The van der Waals surface area contributed by atoms with Crippen LogP contribution in [0.2, 0.25) is 0 Å². The highest BCUT2D eigenvalue weighted by atomic mass is 16.2. The van der Waals surface area contributed by atoms with Gasteiger partial charge in [-0.1, -0.05) is 17.7 Å². The summed E-state index contributed by atoms with van der Waals surface area (Å²) in [6, 6.07) is 4.45. The van der Waals surface area contributed by atoms with Crippen molar-refractivity contribution in [2.45, 2.75) is 26.2 Å². The van der Waals surface area contributed by atoms with Crippen LogP contribution in [0.5, 0.6) is 0 Å². The van der Waals surface area contributed by atoms with E-state index in [2.05, 4.69) is 19.1 Å². The zero-order chi connectivity index (χ0) is 9.71. The highest BCUT2D eigenvalue weighted by Crippen LogP contribution is 2.37. The van der Waals surface area contributed by atoms with Gasteiger partial charge in [0, 0.05) is 13.0 Å². The van der Waals surface area contributed by atoms with E-state index in [-0.39, 0.29) is 0 Å². The summed E-state index contributed by atoms with van der Waals surface area (Å²) in [5.41, 5.74) is 5.30. The minimum absolute atomic E-state index is 0.306. The van der Waals surface area contributed by atoms with Crippen molar-refractivity contribution in [1.29, 1.82) is 0 Å². The Morgan fingerprint density at radius 2 is 1.86 bits per heavy atom. The molecule has 72 valence electrons. The van der Waals surface area contributed by atoms with Gasteiger partial charge in [-0.3, -0.25) is 4.79 Å². The summed E-state index contributed by atoms with van der Waals surface area (Å²) < 4.78 is 0. The second-order valence-corrected chi connectivity index (χ2v) is 4.23. The third kappa shape index (κ3) is 0.939. The molecule has 2 heterocycles. The molecule has 0 unspecified atom stereocenters. The van der Waals surface area contributed by atoms with Crippen LogP contribution in [-0.4, -0.2) is 12.5 Å². The van der Waals surface area contributed by atoms with Gasteiger partial charge in [0.05, 0.1) is 5.69 Å². The van der Waals surface area contributed by atoms with Gasteiger partial charge in [-0.2, -0.15) is 0 Å². The fraction of sp³-hybridized carbons (Fsp3) is 0.417. The van der Waals surface area contributed by atoms with Crippen LogP contribution in [0.25, 0.3) is 0 Å². The molecule has 1 amide bonds. The molecule has 0 N–H and O–H groups in total. The Labute approximate surface area is 83.5 Å². The maximum atomic E-state index is 11.6. The van der Waals surface area contributed by atoms with Crippen LogP contribution in [0.15, 0.2) is 12.1 Å². The number of carbonyl (C=O) groups excluding carboxylic acids is 1. The van der Waals surface area contributed by atoms with Crippen molar-refractivity contribution in [3.8, 4) is 0 Å². The summed E-state index contributed by atoms with van der Waals surface area (Å²) in [5, 5.41) is 0. The maximum absolute atomic E-state index is 11.6. The average Bonchev–Trinajstić information content (AvgIpc) is 2.56. The number of hydrogen-bond donors (Lipinski definition) is 0. The molecular formula is C12H13NO. The number of nitrogens with zero attached hydrogens (tertiary/aromatic N) is 1. The van der Waals surface area contributed by atoms with E-state index in [4.69, 9.17) is 0 Å². The quantitative estimate of drug-likeness (QED) is 0.606. The van der Waals surface area contributed by atoms with E-state index in [0.717, 1.165) is 19.4 Å². The van der Waals surface area contributed by atoms with Gasteiger partial charge in [0.25, 0.3) is 0 Å². The van der Waals surface area contributed by atoms with E-state index in [1.807, 2.05) is 4.90 Å². The Morgan fingerprint density at radius 3 is 2.64 bits per heavy atom. The molecule has 0 radical (unpaired) electrons. The third-order valence-electron chi connectivity index (χ3n) is 3.20. The Hall–Kier alpha value is -1.31. The summed E-state index contributed by atoms with van der Waals surface area (Å²) in [7, 11) is 0. The molecule has 0 saturated carbocycles. The fourth-order valence-corrected chi connectivity index (χ4v) is 2.63. The summed E-state index contributed by atoms with van der Waals surface area (Å²) in [4.78, 5) is 13.6. The second-order valence-electron chi connectivity index (χ2n) is 4.23. The van der Waals surface area contributed by atoms with Gasteiger partial charge in [0.15, 0.2) is 0 Å². The SMILES string of the molecule is Cc1cc2c3c(c1)CCN3C(=O)CC2. The zero-order valence-electron chi connectivity index (χ0n) is 8.34. The molecule has 0 spiro atoms. The van der Waals surface area contributed by atoms with Gasteiger partial charge in [-0.25, -0.2) is 0 Å². The molecule has 1 aromatic rings. The molecule has 14 heavy (non-hydrogen) atoms. The van der Waals surface area contributed by atoms with E-state index in [1.165, 1.54) is 22.4 Å². The summed E-state index contributed by atoms with van der Waals surface area (Å²) in [6.07, 6.45) is 2.66. The number of aryl methyl sites for hydroxylation is 2. The predicted molar refractivity (Wildman–Crippen MR) is 55.6 cm³/mol. The first-order valence-electron chi connectivity index (χ1n) is 5.18. The van der Waals surface area contributed by atoms with Crippen molar-refractivity contribution in [2.24, 2.45) is 0 Å². The number of anilines is 1. The van der Waals surface area contributed by atoms with Crippen molar-refractivity contribution >= 4 is 11.6 Å². The molecule has 0 aromatic heterocycles. The highest BCUT2D eigenvalue weighted by molar-refractivity contribution is 5.98. The van der Waals surface area contributed by atoms with E-state index >= 15 is 0 Å². The molecule has 1 aromatic carbocycles. The number of amides is 1. The lowest BCUT2D eigenvalue weighted by atomic mass is 9.97. The summed E-state index contributed by atoms with van der Waals surface area (Å²) >= 11 is 0. The standard InChI is InChI=1S/C12H13NO/c1-8-6-9-2-3-11(14)13-5-4-10(7-8)12(9)13/h6-7H,2-5H2,1H3. The van der Waals surface area contributed by atoms with E-state index in [9.17, 15) is 4.79 Å². The highest BCUT2D eigenvalue weighted by Gasteiger charge is 2.30. The van der Waals surface area contributed by atoms with Gasteiger partial charge in [0.2, 0.25) is 5.91 Å². The molecule has 0 fully saturated rings. The van der Waals surface area contributed by atoms with Crippen LogP contribution in [0.4, 0.5) is 5.69 Å². The molecule has 0 aliphatic carbocycles. The van der Waals surface area contributed by atoms with Crippen molar-refractivity contribution in [2.75, 3.05) is 11.4 Å². The first-order valence-corrected chi connectivity index (χ1v) is 5.18. The monoisotopic (exact) mass is 187 g/mol. The van der Waals surface area contributed by atoms with Crippen molar-refractivity contribution < 1.29 is 4.79 Å². The lowest BCUT2D eigenvalue weighted by Gasteiger charge is -2.25. The molecule has 3 rings (SSSR count). The number of carbonyl (C=O) groups is 1. The Balaban J connectivity index is 2.24. The van der Waals surface area contributed by atoms with Gasteiger partial charge >= 0.3 is 0 Å². The average molecular weight is 187 g/mol. The summed E-state index contributed by atoms with van der Waals surface area (Å²) in [6.45, 7) is 3.03. The van der Waals surface area contributed by atoms with E-state index < -0.39 is 0 Å². The molecule has 0 saturated heterocycles. The van der Waals surface area contributed by atoms with Gasteiger partial charge in [-0.15, -0.1) is 0 Å². The Kier molecular flexibility index (Phi) is 1.49. The normalized spacial score (nSPS) is 18.6. The topological polar surface area (TPSA) is 20.3 Å². The summed E-state index contributed by atoms with van der Waals surface area (Å²) in [5.74, 6) is 0.306. The van der Waals surface area contributed by atoms with Crippen LogP contribution < -0.4 is 4.90 Å². The minimum Gasteiger partial charge on any atom is -0.312 e. The molecule has 2 nitrogen and oxygen atoms in total. The van der Waals surface area contributed by atoms with Crippen molar-refractivity contribution in [1.82, 2.24) is 0 Å². The zero-order valence-corrected chi connectivity index (χ0v) is 8.34. The van der Waals surface area contributed by atoms with Gasteiger partial charge < -0.3 is 4.90 Å². The van der Waals surface area contributed by atoms with Crippen molar-refractivity contribution in [3.05, 3.63) is 28.8 Å². The molecule has 2 aliphatic rings. The predicted octanol–water partition coefficient (Wildman–Crippen LogP) is 1.83. The van der Waals surface area contributed by atoms with Crippen LogP contribution in [-0.2, 0) is 17.6 Å². The van der Waals surface area contributed by atoms with E-state index in [0.29, 0.717) is 12.3 Å². The maximum Gasteiger partial charge on any atom is 0.227 e. The largest absolute Gasteiger partial charge is 0.312 e. The van der Waals surface area contributed by atoms with Gasteiger partial charge in [-0.05, 0) is 30.9 Å². The second kappa shape index (κ2) is 2.59. The molecule has 2 heteroatoms. The first-order chi connectivity index (χ1) is 6.75. The number of hydrogen-bond acceptors (Lipinski definition) is 1. The molecular weight excluding hydrogens is 174 g/mol. The number of benzene rings is 1. The molecule has 2 aliphatic heterocycles. The molecule has 0 atom stereocenters. The van der Waals surface area contributed by atoms with Crippen LogP contribution in [0.1, 0.15) is 23.1 Å². The van der Waals surface area contributed by atoms with Crippen molar-refractivity contribution in [3.63, 3.8) is 0 Å². The van der Waals surface area contributed by atoms with E-state index in [1.54, 1.807) is 0 Å². The first kappa shape index (κ1) is 8.04. The van der Waals surface area contributed by atoms with Crippen LogP contribution in [0.3, 0.4) is 0 Å². The van der Waals surface area contributed by atoms with Gasteiger partial charge in [0.1, 0.15) is 0 Å². The molecule has 0 bridgehead atoms. The lowest BCUT2D eigenvalue weighted by molar-refractivity contribution is -0.118. The Bertz CT molecular complexity index is 423. The minimum atomic E-state index is 0.306. The lowest BCUT2D eigenvalue weighted by Crippen LogP contribution is -2.32.